The normalized spacial score (nSPS) is 19.9. The van der Waals surface area contributed by atoms with Crippen LogP contribution in [0, 0.1) is 17.5 Å². The van der Waals surface area contributed by atoms with E-state index < -0.39 is 34.6 Å². The number of benzene rings is 1. The van der Waals surface area contributed by atoms with Crippen molar-refractivity contribution in [2.75, 3.05) is 0 Å². The molecule has 0 saturated carbocycles. The molecule has 1 heterocycles. The van der Waals surface area contributed by atoms with Gasteiger partial charge in [-0.3, -0.25) is 9.59 Å². The van der Waals surface area contributed by atoms with E-state index >= 15 is 0 Å². The van der Waals surface area contributed by atoms with Crippen molar-refractivity contribution in [3.63, 3.8) is 0 Å². The zero-order chi connectivity index (χ0) is 16.3. The second-order valence-electron chi connectivity index (χ2n) is 4.13. The third-order valence-electron chi connectivity index (χ3n) is 2.52. The highest BCUT2D eigenvalue weighted by Crippen LogP contribution is 2.22. The number of halogens is 3. The van der Waals surface area contributed by atoms with Gasteiger partial charge < -0.3 is 10.4 Å². The average Bonchev–Trinajstić information content (AvgIpc) is 2.75. The summed E-state index contributed by atoms with van der Waals surface area (Å²) in [6, 6.07) is 0.987. The number of aliphatic carboxylic acids is 1. The zero-order valence-electron chi connectivity index (χ0n) is 10.7. The van der Waals surface area contributed by atoms with Crippen molar-refractivity contribution in [2.45, 2.75) is 11.7 Å². The number of carbonyl (C=O) groups is 2. The molecule has 2 rings (SSSR count). The third-order valence-corrected chi connectivity index (χ3v) is 3.59. The van der Waals surface area contributed by atoms with E-state index in [1.54, 1.807) is 0 Å². The summed E-state index contributed by atoms with van der Waals surface area (Å²) in [5.74, 6) is -5.24. The Hall–Kier alpha value is -2.36. The molecule has 1 fully saturated rings. The van der Waals surface area contributed by atoms with Gasteiger partial charge in [0.1, 0.15) is 11.1 Å². The summed E-state index contributed by atoms with van der Waals surface area (Å²) in [5, 5.41) is 17.1. The van der Waals surface area contributed by atoms with E-state index in [2.05, 4.69) is 15.5 Å². The highest BCUT2D eigenvalue weighted by molar-refractivity contribution is 8.15. The van der Waals surface area contributed by atoms with Crippen molar-refractivity contribution in [3.8, 4) is 0 Å². The summed E-state index contributed by atoms with van der Waals surface area (Å²) in [6.45, 7) is 0. The Bertz CT molecular complexity index is 694. The molecular weight excluding hydrogens is 323 g/mol. The lowest BCUT2D eigenvalue weighted by Crippen LogP contribution is -2.26. The Kier molecular flexibility index (Phi) is 4.81. The van der Waals surface area contributed by atoms with Gasteiger partial charge in [-0.1, -0.05) is 11.8 Å². The van der Waals surface area contributed by atoms with Crippen molar-refractivity contribution in [1.82, 2.24) is 5.32 Å². The molecule has 0 aromatic heterocycles. The number of rotatable bonds is 4. The van der Waals surface area contributed by atoms with Crippen molar-refractivity contribution >= 4 is 35.0 Å². The maximum absolute atomic E-state index is 13.3. The van der Waals surface area contributed by atoms with E-state index in [4.69, 9.17) is 5.11 Å². The van der Waals surface area contributed by atoms with Crippen LogP contribution in [-0.4, -0.2) is 33.6 Å². The number of carbonyl (C=O) groups excluding carboxylic acids is 1. The fourth-order valence-corrected chi connectivity index (χ4v) is 2.44. The molecule has 0 radical (unpaired) electrons. The summed E-state index contributed by atoms with van der Waals surface area (Å²) >= 11 is 0.859. The molecule has 1 aliphatic rings. The lowest BCUT2D eigenvalue weighted by Gasteiger charge is -1.98. The first-order chi connectivity index (χ1) is 10.4. The molecule has 1 saturated heterocycles. The molecule has 1 unspecified atom stereocenters. The number of hydrogen-bond acceptors (Lipinski definition) is 5. The first-order valence-corrected chi connectivity index (χ1v) is 6.69. The van der Waals surface area contributed by atoms with Gasteiger partial charge in [-0.05, 0) is 6.07 Å². The number of amidine groups is 1. The van der Waals surface area contributed by atoms with Gasteiger partial charge in [0.2, 0.25) is 5.91 Å². The van der Waals surface area contributed by atoms with E-state index in [9.17, 15) is 22.8 Å². The van der Waals surface area contributed by atoms with Crippen LogP contribution in [-0.2, 0) is 9.59 Å². The SMILES string of the molecule is O=C(O)CC1SC(=NN=Cc2cc(F)c(F)cc2F)NC1=O. The summed E-state index contributed by atoms with van der Waals surface area (Å²) in [5.41, 5.74) is -0.320. The van der Waals surface area contributed by atoms with Gasteiger partial charge in [-0.25, -0.2) is 13.2 Å². The molecule has 1 aromatic carbocycles. The highest BCUT2D eigenvalue weighted by atomic mass is 32.2. The smallest absolute Gasteiger partial charge is 0.305 e. The van der Waals surface area contributed by atoms with Crippen LogP contribution in [0.15, 0.2) is 22.3 Å². The monoisotopic (exact) mass is 331 g/mol. The largest absolute Gasteiger partial charge is 0.481 e. The molecule has 1 aliphatic heterocycles. The first kappa shape index (κ1) is 16.0. The van der Waals surface area contributed by atoms with E-state index in [0.29, 0.717) is 12.1 Å². The lowest BCUT2D eigenvalue weighted by atomic mass is 10.2. The number of thioether (sulfide) groups is 1. The Labute approximate surface area is 126 Å². The van der Waals surface area contributed by atoms with Crippen LogP contribution < -0.4 is 5.32 Å². The summed E-state index contributed by atoms with van der Waals surface area (Å²) in [7, 11) is 0. The Balaban J connectivity index is 2.08. The molecule has 1 atom stereocenters. The van der Waals surface area contributed by atoms with E-state index in [1.165, 1.54) is 0 Å². The lowest BCUT2D eigenvalue weighted by molar-refractivity contribution is -0.138. The predicted octanol–water partition coefficient (Wildman–Crippen LogP) is 1.50. The molecule has 0 aliphatic carbocycles. The average molecular weight is 331 g/mol. The molecule has 2 N–H and O–H groups in total. The Morgan fingerprint density at radius 2 is 2.00 bits per heavy atom. The van der Waals surface area contributed by atoms with Crippen LogP contribution in [0.3, 0.4) is 0 Å². The molecule has 22 heavy (non-hydrogen) atoms. The molecule has 6 nitrogen and oxygen atoms in total. The van der Waals surface area contributed by atoms with Crippen molar-refractivity contribution in [2.24, 2.45) is 10.2 Å². The third kappa shape index (κ3) is 3.85. The number of hydrogen-bond donors (Lipinski definition) is 2. The predicted molar refractivity (Wildman–Crippen MR) is 73.1 cm³/mol. The molecular formula is C12H8F3N3O3S. The minimum atomic E-state index is -1.32. The zero-order valence-corrected chi connectivity index (χ0v) is 11.5. The van der Waals surface area contributed by atoms with E-state index in [1.807, 2.05) is 0 Å². The van der Waals surface area contributed by atoms with Crippen LogP contribution >= 0.6 is 11.8 Å². The fourth-order valence-electron chi connectivity index (χ4n) is 1.53. The molecule has 1 amide bonds. The van der Waals surface area contributed by atoms with Crippen LogP contribution in [0.4, 0.5) is 13.2 Å². The van der Waals surface area contributed by atoms with Crippen LogP contribution in [0.2, 0.25) is 0 Å². The summed E-state index contributed by atoms with van der Waals surface area (Å²) in [4.78, 5) is 21.9. The maximum atomic E-state index is 13.3. The molecule has 1 aromatic rings. The first-order valence-electron chi connectivity index (χ1n) is 5.81. The molecule has 0 spiro atoms. The quantitative estimate of drug-likeness (QED) is 0.497. The molecule has 116 valence electrons. The Morgan fingerprint density at radius 1 is 1.32 bits per heavy atom. The maximum Gasteiger partial charge on any atom is 0.305 e. The van der Waals surface area contributed by atoms with Crippen LogP contribution in [0.5, 0.6) is 0 Å². The van der Waals surface area contributed by atoms with Crippen LogP contribution in [0.25, 0.3) is 0 Å². The number of nitrogens with one attached hydrogen (secondary N) is 1. The van der Waals surface area contributed by atoms with E-state index in [-0.39, 0.29) is 17.2 Å². The van der Waals surface area contributed by atoms with Crippen molar-refractivity contribution < 1.29 is 27.9 Å². The molecule has 0 bridgehead atoms. The number of carboxylic acids is 1. The minimum Gasteiger partial charge on any atom is -0.481 e. The summed E-state index contributed by atoms with van der Waals surface area (Å²) in [6.07, 6.45) is 0.471. The second-order valence-corrected chi connectivity index (χ2v) is 5.32. The number of carboxylic acid groups (broad SMARTS) is 1. The van der Waals surface area contributed by atoms with Gasteiger partial charge in [-0.2, -0.15) is 5.10 Å². The summed E-state index contributed by atoms with van der Waals surface area (Å²) < 4.78 is 39.0. The van der Waals surface area contributed by atoms with Gasteiger partial charge in [0, 0.05) is 11.6 Å². The fraction of sp³-hybridized carbons (Fsp3) is 0.167. The topological polar surface area (TPSA) is 91.1 Å². The van der Waals surface area contributed by atoms with Gasteiger partial charge in [0.15, 0.2) is 16.8 Å². The van der Waals surface area contributed by atoms with Crippen molar-refractivity contribution in [1.29, 1.82) is 0 Å². The van der Waals surface area contributed by atoms with Gasteiger partial charge >= 0.3 is 5.97 Å². The van der Waals surface area contributed by atoms with E-state index in [0.717, 1.165) is 18.0 Å². The Morgan fingerprint density at radius 3 is 2.68 bits per heavy atom. The van der Waals surface area contributed by atoms with Gasteiger partial charge in [-0.15, -0.1) is 5.10 Å². The highest BCUT2D eigenvalue weighted by Gasteiger charge is 2.32. The number of nitrogens with zero attached hydrogens (tertiary/aromatic N) is 2. The minimum absolute atomic E-state index is 0.0375. The standard InChI is InChI=1S/C12H8F3N3O3S/c13-6-2-8(15)7(14)1-5(6)4-16-18-12-17-11(21)9(22-12)3-10(19)20/h1-2,4,9H,3H2,(H,19,20)(H,17,18,21). The second kappa shape index (κ2) is 6.60. The number of amides is 1. The van der Waals surface area contributed by atoms with Gasteiger partial charge in [0.25, 0.3) is 0 Å². The van der Waals surface area contributed by atoms with Crippen molar-refractivity contribution in [3.05, 3.63) is 35.1 Å². The van der Waals surface area contributed by atoms with Crippen LogP contribution in [0.1, 0.15) is 12.0 Å². The van der Waals surface area contributed by atoms with Gasteiger partial charge in [0.05, 0.1) is 12.6 Å². The molecule has 10 heteroatoms.